The lowest BCUT2D eigenvalue weighted by Crippen LogP contribution is -2.48. The van der Waals surface area contributed by atoms with Crippen molar-refractivity contribution in [2.45, 2.75) is 63.2 Å². The zero-order chi connectivity index (χ0) is 10.9. The van der Waals surface area contributed by atoms with Crippen LogP contribution in [-0.4, -0.2) is 45.9 Å². The summed E-state index contributed by atoms with van der Waals surface area (Å²) < 4.78 is 0. The molecule has 15 heavy (non-hydrogen) atoms. The van der Waals surface area contributed by atoms with Crippen molar-refractivity contribution in [1.29, 1.82) is 0 Å². The van der Waals surface area contributed by atoms with Gasteiger partial charge in [-0.3, -0.25) is 0 Å². The predicted octanol–water partition coefficient (Wildman–Crippen LogP) is 1.14. The van der Waals surface area contributed by atoms with E-state index in [1.54, 1.807) is 0 Å². The second kappa shape index (κ2) is 4.40. The molecule has 0 amide bonds. The van der Waals surface area contributed by atoms with Crippen LogP contribution in [-0.2, 0) is 0 Å². The molecule has 88 valence electrons. The molecule has 1 heterocycles. The van der Waals surface area contributed by atoms with Gasteiger partial charge in [-0.25, -0.2) is 0 Å². The van der Waals surface area contributed by atoms with E-state index >= 15 is 0 Å². The van der Waals surface area contributed by atoms with Crippen LogP contribution in [0.4, 0.5) is 0 Å². The zero-order valence-corrected chi connectivity index (χ0v) is 9.65. The smallest absolute Gasteiger partial charge is 0.0644 e. The molecule has 1 saturated heterocycles. The van der Waals surface area contributed by atoms with Gasteiger partial charge in [-0.2, -0.15) is 0 Å². The summed E-state index contributed by atoms with van der Waals surface area (Å²) in [4.78, 5) is 2.50. The fourth-order valence-electron chi connectivity index (χ4n) is 2.79. The van der Waals surface area contributed by atoms with Gasteiger partial charge in [0.2, 0.25) is 0 Å². The first kappa shape index (κ1) is 11.4. The highest BCUT2D eigenvalue weighted by atomic mass is 16.3. The lowest BCUT2D eigenvalue weighted by Gasteiger charge is -2.42. The van der Waals surface area contributed by atoms with Crippen LogP contribution in [0.25, 0.3) is 0 Å². The van der Waals surface area contributed by atoms with Crippen molar-refractivity contribution in [3.05, 3.63) is 0 Å². The Morgan fingerprint density at radius 1 is 1.07 bits per heavy atom. The van der Waals surface area contributed by atoms with Gasteiger partial charge in [0.25, 0.3) is 0 Å². The highest BCUT2D eigenvalue weighted by Crippen LogP contribution is 2.28. The van der Waals surface area contributed by atoms with E-state index in [4.69, 9.17) is 0 Å². The minimum atomic E-state index is -0.440. The number of rotatable bonds is 1. The molecule has 0 spiro atoms. The van der Waals surface area contributed by atoms with E-state index in [-0.39, 0.29) is 6.10 Å². The second-order valence-corrected chi connectivity index (χ2v) is 5.50. The Balaban J connectivity index is 1.80. The molecule has 1 aliphatic heterocycles. The topological polar surface area (TPSA) is 43.7 Å². The summed E-state index contributed by atoms with van der Waals surface area (Å²) in [5.74, 6) is 0. The van der Waals surface area contributed by atoms with E-state index in [0.29, 0.717) is 6.04 Å². The van der Waals surface area contributed by atoms with Crippen LogP contribution < -0.4 is 0 Å². The first-order valence-corrected chi connectivity index (χ1v) is 6.21. The van der Waals surface area contributed by atoms with Crippen molar-refractivity contribution in [1.82, 2.24) is 4.90 Å². The Morgan fingerprint density at radius 3 is 2.13 bits per heavy atom. The van der Waals surface area contributed by atoms with Crippen LogP contribution in [0.3, 0.4) is 0 Å². The van der Waals surface area contributed by atoms with Crippen molar-refractivity contribution >= 4 is 0 Å². The summed E-state index contributed by atoms with van der Waals surface area (Å²) in [5, 5.41) is 19.3. The maximum absolute atomic E-state index is 9.87. The van der Waals surface area contributed by atoms with Gasteiger partial charge >= 0.3 is 0 Å². The molecule has 0 bridgehead atoms. The molecule has 2 fully saturated rings. The van der Waals surface area contributed by atoms with Crippen molar-refractivity contribution in [3.8, 4) is 0 Å². The highest BCUT2D eigenvalue weighted by Gasteiger charge is 2.32. The third-order valence-electron chi connectivity index (χ3n) is 4.06. The largest absolute Gasteiger partial charge is 0.393 e. The van der Waals surface area contributed by atoms with Crippen molar-refractivity contribution in [2.24, 2.45) is 0 Å². The molecular formula is C12H23NO2. The van der Waals surface area contributed by atoms with Crippen LogP contribution in [0, 0.1) is 0 Å². The molecule has 2 rings (SSSR count). The van der Waals surface area contributed by atoms with Gasteiger partial charge in [-0.1, -0.05) is 0 Å². The van der Waals surface area contributed by atoms with E-state index < -0.39 is 5.60 Å². The molecule has 2 aliphatic rings. The van der Waals surface area contributed by atoms with Crippen LogP contribution in [0.1, 0.15) is 45.4 Å². The van der Waals surface area contributed by atoms with Gasteiger partial charge in [0, 0.05) is 19.1 Å². The SMILES string of the molecule is CC1(O)CCN(C2CCC(O)CC2)CC1. The Labute approximate surface area is 92.1 Å². The second-order valence-electron chi connectivity index (χ2n) is 5.50. The highest BCUT2D eigenvalue weighted by molar-refractivity contribution is 4.87. The van der Waals surface area contributed by atoms with Gasteiger partial charge in [-0.05, 0) is 45.4 Å². The summed E-state index contributed by atoms with van der Waals surface area (Å²) in [6.45, 7) is 3.98. The van der Waals surface area contributed by atoms with Gasteiger partial charge in [0.05, 0.1) is 11.7 Å². The van der Waals surface area contributed by atoms with E-state index in [9.17, 15) is 10.2 Å². The van der Waals surface area contributed by atoms with E-state index in [2.05, 4.69) is 4.90 Å². The molecule has 2 N–H and O–H groups in total. The number of hydrogen-bond donors (Lipinski definition) is 2. The molecule has 0 unspecified atom stereocenters. The molecule has 1 saturated carbocycles. The summed E-state index contributed by atoms with van der Waals surface area (Å²) in [6.07, 6.45) is 5.90. The maximum atomic E-state index is 9.87. The molecule has 3 heteroatoms. The number of nitrogens with zero attached hydrogens (tertiary/aromatic N) is 1. The first-order valence-electron chi connectivity index (χ1n) is 6.21. The Kier molecular flexibility index (Phi) is 3.33. The number of piperidine rings is 1. The predicted molar refractivity (Wildman–Crippen MR) is 59.7 cm³/mol. The van der Waals surface area contributed by atoms with Crippen LogP contribution in [0.2, 0.25) is 0 Å². The monoisotopic (exact) mass is 213 g/mol. The average Bonchev–Trinajstić information content (AvgIpc) is 2.20. The van der Waals surface area contributed by atoms with Crippen LogP contribution in [0.15, 0.2) is 0 Å². The Morgan fingerprint density at radius 2 is 1.60 bits per heavy atom. The summed E-state index contributed by atoms with van der Waals surface area (Å²) in [6, 6.07) is 0.657. The van der Waals surface area contributed by atoms with Crippen molar-refractivity contribution in [3.63, 3.8) is 0 Å². The van der Waals surface area contributed by atoms with Gasteiger partial charge < -0.3 is 15.1 Å². The minimum absolute atomic E-state index is 0.0610. The van der Waals surface area contributed by atoms with Crippen molar-refractivity contribution in [2.75, 3.05) is 13.1 Å². The Hall–Kier alpha value is -0.120. The zero-order valence-electron chi connectivity index (χ0n) is 9.65. The van der Waals surface area contributed by atoms with Gasteiger partial charge in [-0.15, -0.1) is 0 Å². The summed E-state index contributed by atoms with van der Waals surface area (Å²) in [7, 11) is 0. The molecule has 0 atom stereocenters. The lowest BCUT2D eigenvalue weighted by molar-refractivity contribution is -0.0267. The summed E-state index contributed by atoms with van der Waals surface area (Å²) in [5.41, 5.74) is -0.440. The number of hydrogen-bond acceptors (Lipinski definition) is 3. The van der Waals surface area contributed by atoms with E-state index in [1.807, 2.05) is 6.92 Å². The Bertz CT molecular complexity index is 200. The standard InChI is InChI=1S/C12H23NO2/c1-12(15)6-8-13(9-7-12)10-2-4-11(14)5-3-10/h10-11,14-15H,2-9H2,1H3. The number of aliphatic hydroxyl groups is 2. The third kappa shape index (κ3) is 2.92. The molecule has 0 radical (unpaired) electrons. The number of likely N-dealkylation sites (tertiary alicyclic amines) is 1. The lowest BCUT2D eigenvalue weighted by atomic mass is 9.88. The van der Waals surface area contributed by atoms with Gasteiger partial charge in [0.15, 0.2) is 0 Å². The molecular weight excluding hydrogens is 190 g/mol. The molecule has 0 aromatic carbocycles. The minimum Gasteiger partial charge on any atom is -0.393 e. The fraction of sp³-hybridized carbons (Fsp3) is 1.00. The molecule has 3 nitrogen and oxygen atoms in total. The maximum Gasteiger partial charge on any atom is 0.0644 e. The molecule has 1 aliphatic carbocycles. The van der Waals surface area contributed by atoms with Crippen molar-refractivity contribution < 1.29 is 10.2 Å². The quantitative estimate of drug-likeness (QED) is 0.686. The number of aliphatic hydroxyl groups excluding tert-OH is 1. The normalized spacial score (nSPS) is 37.8. The van der Waals surface area contributed by atoms with Crippen LogP contribution >= 0.6 is 0 Å². The van der Waals surface area contributed by atoms with Gasteiger partial charge in [0.1, 0.15) is 0 Å². The fourth-order valence-corrected chi connectivity index (χ4v) is 2.79. The average molecular weight is 213 g/mol. The van der Waals surface area contributed by atoms with E-state index in [1.165, 1.54) is 0 Å². The summed E-state index contributed by atoms with van der Waals surface area (Å²) >= 11 is 0. The third-order valence-corrected chi connectivity index (χ3v) is 4.06. The molecule has 0 aromatic heterocycles. The van der Waals surface area contributed by atoms with Crippen LogP contribution in [0.5, 0.6) is 0 Å². The first-order chi connectivity index (χ1) is 7.07. The van der Waals surface area contributed by atoms with E-state index in [0.717, 1.165) is 51.6 Å². The molecule has 0 aromatic rings.